The van der Waals surface area contributed by atoms with Crippen molar-refractivity contribution in [1.82, 2.24) is 0 Å². The number of benzene rings is 14. The molecule has 0 bridgehead atoms. The number of amides is 6. The van der Waals surface area contributed by atoms with Crippen molar-refractivity contribution in [2.75, 3.05) is 35.1 Å². The van der Waals surface area contributed by atoms with E-state index in [4.69, 9.17) is 110 Å². The van der Waals surface area contributed by atoms with Crippen LogP contribution >= 0.6 is 120 Å². The van der Waals surface area contributed by atoms with Crippen LogP contribution < -0.4 is 35.1 Å². The monoisotopic (exact) mass is 2000 g/mol. The topological polar surface area (TPSA) is 221 Å². The molecule has 676 valence electrons. The van der Waals surface area contributed by atoms with E-state index in [0.717, 1.165) is 38.8 Å². The number of urea groups is 3. The number of aliphatic imine (C=N–C) groups is 1. The summed E-state index contributed by atoms with van der Waals surface area (Å²) < 4.78 is 0. The number of aliphatic hydroxyl groups is 3. The zero-order valence-electron chi connectivity index (χ0n) is 71.1. The molecular formula is C105H92BrCl9N8O9. The quantitative estimate of drug-likeness (QED) is 0.0236. The SMILES string of the molecule is C.CC(Br)C(=O)c1ccccc1.CC(Cc1ccc(Cl)cc1)C(=O)c1ccccc1.CC1N(c2ccc(Cl)cc2)C(=O)N(c2ccc(Cl)cc2)C1(O)c1ccccc1.C[C@@H]1N(c2ccc(Cl)cc2)C(=O)N(c2ccc(Cl)cc2)C1(O)c1ccccc1.C[C@H]1N(c2ccc(Cl)cc2)C(=O)N(c2ccc(Cl)cc2)C1(O)c1ccccc1.Nc1ccc(Cl)cc1.O=C=Nc1ccc(Cl)cc1. The van der Waals surface area contributed by atoms with Crippen LogP contribution in [0.4, 0.5) is 59.9 Å². The van der Waals surface area contributed by atoms with Gasteiger partial charge in [0.05, 0.1) is 28.6 Å². The number of nitrogens with two attached hydrogens (primary N) is 1. The molecule has 17 nitrogen and oxygen atoms in total. The fourth-order valence-corrected chi connectivity index (χ4v) is 16.2. The molecule has 132 heavy (non-hydrogen) atoms. The summed E-state index contributed by atoms with van der Waals surface area (Å²) in [6.07, 6.45) is 2.18. The van der Waals surface area contributed by atoms with Gasteiger partial charge in [0.2, 0.25) is 6.08 Å². The second-order valence-electron chi connectivity index (χ2n) is 30.2. The molecule has 0 aromatic heterocycles. The van der Waals surface area contributed by atoms with E-state index < -0.39 is 35.3 Å². The van der Waals surface area contributed by atoms with Gasteiger partial charge in [-0.15, -0.1) is 0 Å². The zero-order chi connectivity index (χ0) is 94.3. The number of carbonyl (C=O) groups is 5. The number of rotatable bonds is 16. The molecule has 3 aliphatic rings. The number of halogens is 10. The maximum absolute atomic E-state index is 13.5. The first-order chi connectivity index (χ1) is 62.8. The van der Waals surface area contributed by atoms with Crippen LogP contribution in [-0.2, 0) is 28.4 Å². The number of Topliss-reactive ketones (excluding diaryl/α,β-unsaturated/α-hetero) is 2. The largest absolute Gasteiger partial charge is 0.399 e. The molecular weight excluding hydrogens is 1920 g/mol. The van der Waals surface area contributed by atoms with Crippen LogP contribution in [0.15, 0.2) is 375 Å². The molecule has 0 spiro atoms. The minimum absolute atomic E-state index is 0. The maximum Gasteiger partial charge on any atom is 0.332 e. The van der Waals surface area contributed by atoms with Gasteiger partial charge in [-0.25, -0.2) is 19.2 Å². The number of isocyanates is 1. The third kappa shape index (κ3) is 25.0. The lowest BCUT2D eigenvalue weighted by Crippen LogP contribution is -2.48. The van der Waals surface area contributed by atoms with E-state index in [9.17, 15) is 44.1 Å². The molecule has 8 atom stereocenters. The summed E-state index contributed by atoms with van der Waals surface area (Å²) in [4.78, 5) is 86.0. The second kappa shape index (κ2) is 47.6. The van der Waals surface area contributed by atoms with Crippen molar-refractivity contribution in [3.63, 3.8) is 0 Å². The van der Waals surface area contributed by atoms with Gasteiger partial charge in [0.15, 0.2) is 28.7 Å². The minimum atomic E-state index is -1.56. The number of carbonyl (C=O) groups excluding carboxylic acids is 6. The van der Waals surface area contributed by atoms with Gasteiger partial charge in [0, 0.05) is 119 Å². The highest BCUT2D eigenvalue weighted by molar-refractivity contribution is 9.10. The smallest absolute Gasteiger partial charge is 0.332 e. The summed E-state index contributed by atoms with van der Waals surface area (Å²) in [5, 5.41) is 41.1. The molecule has 6 unspecified atom stereocenters. The lowest BCUT2D eigenvalue weighted by atomic mass is 9.93. The van der Waals surface area contributed by atoms with E-state index in [-0.39, 0.29) is 47.8 Å². The van der Waals surface area contributed by atoms with Crippen LogP contribution in [0.25, 0.3) is 0 Å². The summed E-state index contributed by atoms with van der Waals surface area (Å²) in [7, 11) is 0. The molecule has 0 saturated carbocycles. The van der Waals surface area contributed by atoms with Gasteiger partial charge < -0.3 is 21.1 Å². The van der Waals surface area contributed by atoms with Crippen molar-refractivity contribution in [2.45, 2.75) is 88.6 Å². The van der Waals surface area contributed by atoms with Crippen molar-refractivity contribution in [2.24, 2.45) is 10.9 Å². The van der Waals surface area contributed by atoms with Crippen molar-refractivity contribution >= 4 is 202 Å². The standard InChI is InChI=1S/3C22H18Cl2N2O2.C16H15ClO.C9H9BrO.C7H4ClNO.C6H6ClN.CH4/c3*1-15-22(28,16-5-3-2-4-6-16)26(20-13-9-18(24)10-14-20)21(27)25(15)19-11-7-17(23)8-12-19;1-12(11-13-7-9-15(17)10-8-13)16(18)14-5-3-2-4-6-14;1-7(10)9(11)8-5-3-2-4-6-8;8-6-1-3-7(4-2-6)9-5-10;7-5-1-3-6(8)4-2-5;/h3*2-15,28H,1H3;2-10,12H,11H2,1H3;2-7H,1H3;1-4H;1-4H,8H2;1H4/t2*15-,22?;;;;;;/m10....../s1. The van der Waals surface area contributed by atoms with Gasteiger partial charge in [-0.3, -0.25) is 39.0 Å². The fraction of sp³-hybridized carbons (Fsp3) is 0.143. The Bertz CT molecular complexity index is 5750. The number of hydrogen-bond acceptors (Lipinski definition) is 11. The maximum atomic E-state index is 13.5. The van der Waals surface area contributed by atoms with Gasteiger partial charge in [-0.1, -0.05) is 298 Å². The summed E-state index contributed by atoms with van der Waals surface area (Å²) in [6.45, 7) is 9.28. The summed E-state index contributed by atoms with van der Waals surface area (Å²) in [5.41, 5.74) is 10.2. The Hall–Kier alpha value is -11.6. The lowest BCUT2D eigenvalue weighted by molar-refractivity contribution is 0.0369. The molecule has 5 N–H and O–H groups in total. The van der Waals surface area contributed by atoms with Crippen LogP contribution in [0, 0.1) is 5.92 Å². The average Bonchev–Trinajstić information content (AvgIpc) is 1.56. The zero-order valence-corrected chi connectivity index (χ0v) is 79.5. The number of nitrogens with zero attached hydrogens (tertiary/aromatic N) is 7. The molecule has 3 heterocycles. The average molecular weight is 2010 g/mol. The Balaban J connectivity index is 0.000000166. The normalized spacial score (nSPS) is 17.9. The number of alkyl halides is 1. The highest BCUT2D eigenvalue weighted by atomic mass is 79.9. The van der Waals surface area contributed by atoms with Crippen molar-refractivity contribution in [3.05, 3.63) is 449 Å². The highest BCUT2D eigenvalue weighted by Crippen LogP contribution is 2.49. The first kappa shape index (κ1) is 102. The Morgan fingerprint density at radius 1 is 0.348 bits per heavy atom. The van der Waals surface area contributed by atoms with Gasteiger partial charge in [-0.05, 0) is 246 Å². The summed E-state index contributed by atoms with van der Waals surface area (Å²) in [5.74, 6) is 0.296. The van der Waals surface area contributed by atoms with Gasteiger partial charge >= 0.3 is 18.1 Å². The molecule has 0 aliphatic carbocycles. The first-order valence-electron chi connectivity index (χ1n) is 41.0. The number of anilines is 7. The van der Waals surface area contributed by atoms with Gasteiger partial charge in [-0.2, -0.15) is 4.99 Å². The fourth-order valence-electron chi connectivity index (χ4n) is 14.8. The van der Waals surface area contributed by atoms with E-state index in [0.29, 0.717) is 91.7 Å². The third-order valence-corrected chi connectivity index (χ3v) is 24.2. The molecule has 0 radical (unpaired) electrons. The van der Waals surface area contributed by atoms with Gasteiger partial charge in [0.25, 0.3) is 0 Å². The van der Waals surface area contributed by atoms with E-state index in [1.165, 1.54) is 20.8 Å². The Kier molecular flexibility index (Phi) is 37.0. The van der Waals surface area contributed by atoms with Gasteiger partial charge in [0.1, 0.15) is 0 Å². The molecule has 17 rings (SSSR count). The molecule has 6 amide bonds. The molecule has 27 heteroatoms. The van der Waals surface area contributed by atoms with Crippen molar-refractivity contribution in [3.8, 4) is 0 Å². The summed E-state index contributed by atoms with van der Waals surface area (Å²) >= 11 is 56.3. The van der Waals surface area contributed by atoms with E-state index in [1.807, 2.05) is 211 Å². The number of hydrogen-bond donors (Lipinski definition) is 4. The van der Waals surface area contributed by atoms with Crippen LogP contribution in [0.5, 0.6) is 0 Å². The van der Waals surface area contributed by atoms with Crippen LogP contribution in [0.2, 0.25) is 45.2 Å². The first-order valence-corrected chi connectivity index (χ1v) is 45.3. The minimum Gasteiger partial charge on any atom is -0.399 e. The number of nitrogen functional groups attached to an aromatic ring is 1. The Labute approximate surface area is 822 Å². The molecule has 3 fully saturated rings. The highest BCUT2D eigenvalue weighted by Gasteiger charge is 2.59. The molecule has 3 aliphatic heterocycles. The molecule has 14 aromatic carbocycles. The Morgan fingerprint density at radius 2 is 0.568 bits per heavy atom. The second-order valence-corrected chi connectivity index (χ2v) is 35.5. The van der Waals surface area contributed by atoms with Crippen LogP contribution in [-0.4, -0.2) is 74.0 Å². The van der Waals surface area contributed by atoms with Crippen molar-refractivity contribution < 1.29 is 44.1 Å². The van der Waals surface area contributed by atoms with E-state index >= 15 is 0 Å². The van der Waals surface area contributed by atoms with Crippen LogP contribution in [0.1, 0.15) is 85.0 Å². The summed E-state index contributed by atoms with van der Waals surface area (Å²) in [6, 6.07) is 106. The van der Waals surface area contributed by atoms with Crippen molar-refractivity contribution in [1.29, 1.82) is 0 Å². The Morgan fingerprint density at radius 3 is 0.811 bits per heavy atom. The predicted octanol–water partition coefficient (Wildman–Crippen LogP) is 28.9. The van der Waals surface area contributed by atoms with Crippen LogP contribution in [0.3, 0.4) is 0 Å². The van der Waals surface area contributed by atoms with E-state index in [1.54, 1.807) is 209 Å². The third-order valence-electron chi connectivity index (χ3n) is 21.5. The van der Waals surface area contributed by atoms with E-state index in [2.05, 4.69) is 20.9 Å². The lowest BCUT2D eigenvalue weighted by Gasteiger charge is -2.35. The number of ketones is 2. The predicted molar refractivity (Wildman–Crippen MR) is 545 cm³/mol. The molecule has 14 aromatic rings. The molecule has 3 saturated heterocycles.